The number of methoxy groups -OCH3 is 1. The molecule has 2 N–H and O–H groups in total. The van der Waals surface area contributed by atoms with E-state index in [2.05, 4.69) is 0 Å². The number of fused-ring (bicyclic) bond motifs is 1. The van der Waals surface area contributed by atoms with Crippen molar-refractivity contribution in [3.05, 3.63) is 16.7 Å². The second-order valence-corrected chi connectivity index (χ2v) is 5.89. The first-order valence-electron chi connectivity index (χ1n) is 7.08. The third kappa shape index (κ3) is 2.02. The smallest absolute Gasteiger partial charge is 0.168 e. The molecular formula is C15H20ClNO3. The molecule has 5 heteroatoms. The van der Waals surface area contributed by atoms with Crippen LogP contribution in [0.25, 0.3) is 0 Å². The van der Waals surface area contributed by atoms with Crippen molar-refractivity contribution in [3.63, 3.8) is 0 Å². The molecule has 1 saturated carbocycles. The molecule has 0 spiro atoms. The van der Waals surface area contributed by atoms with Gasteiger partial charge in [-0.2, -0.15) is 0 Å². The molecule has 0 aromatic heterocycles. The quantitative estimate of drug-likeness (QED) is 0.932. The molecule has 0 bridgehead atoms. The first-order valence-corrected chi connectivity index (χ1v) is 7.46. The SMILES string of the molecule is COc1c(Cl)cc2c(c1C1(CN)CCCC1)OCCO2. The minimum Gasteiger partial charge on any atom is -0.495 e. The summed E-state index contributed by atoms with van der Waals surface area (Å²) in [7, 11) is 1.64. The van der Waals surface area contributed by atoms with Crippen LogP contribution in [0.5, 0.6) is 17.2 Å². The van der Waals surface area contributed by atoms with Crippen molar-refractivity contribution in [2.45, 2.75) is 31.1 Å². The van der Waals surface area contributed by atoms with Crippen LogP contribution in [0.15, 0.2) is 6.07 Å². The molecule has 1 aliphatic carbocycles. The number of halogens is 1. The third-order valence-electron chi connectivity index (χ3n) is 4.43. The van der Waals surface area contributed by atoms with E-state index in [1.165, 1.54) is 12.8 Å². The van der Waals surface area contributed by atoms with E-state index in [4.69, 9.17) is 31.5 Å². The lowest BCUT2D eigenvalue weighted by Gasteiger charge is -2.34. The van der Waals surface area contributed by atoms with Gasteiger partial charge in [-0.25, -0.2) is 0 Å². The standard InChI is InChI=1S/C15H20ClNO3/c1-18-13-10(16)8-11-14(20-7-6-19-11)12(13)15(9-17)4-2-3-5-15/h8H,2-7,9,17H2,1H3. The predicted molar refractivity (Wildman–Crippen MR) is 78.2 cm³/mol. The molecule has 110 valence electrons. The number of hydrogen-bond donors (Lipinski definition) is 1. The van der Waals surface area contributed by atoms with Crippen LogP contribution < -0.4 is 19.9 Å². The Kier molecular flexibility index (Phi) is 3.69. The van der Waals surface area contributed by atoms with Crippen LogP contribution in [0, 0.1) is 0 Å². The monoisotopic (exact) mass is 297 g/mol. The molecule has 1 heterocycles. The Morgan fingerprint density at radius 3 is 2.65 bits per heavy atom. The molecule has 20 heavy (non-hydrogen) atoms. The van der Waals surface area contributed by atoms with Gasteiger partial charge in [-0.05, 0) is 12.8 Å². The van der Waals surface area contributed by atoms with E-state index < -0.39 is 0 Å². The summed E-state index contributed by atoms with van der Waals surface area (Å²) in [5.41, 5.74) is 7.00. The van der Waals surface area contributed by atoms with Gasteiger partial charge in [0.1, 0.15) is 19.0 Å². The maximum absolute atomic E-state index is 6.36. The first kappa shape index (κ1) is 13.8. The number of hydrogen-bond acceptors (Lipinski definition) is 4. The topological polar surface area (TPSA) is 53.7 Å². The Morgan fingerprint density at radius 1 is 1.30 bits per heavy atom. The normalized spacial score (nSPS) is 19.9. The van der Waals surface area contributed by atoms with E-state index in [0.717, 1.165) is 24.2 Å². The molecule has 0 radical (unpaired) electrons. The van der Waals surface area contributed by atoms with Crippen LogP contribution in [-0.2, 0) is 5.41 Å². The van der Waals surface area contributed by atoms with E-state index in [1.54, 1.807) is 13.2 Å². The molecule has 0 saturated heterocycles. The summed E-state index contributed by atoms with van der Waals surface area (Å²) in [5.74, 6) is 2.16. The summed E-state index contributed by atoms with van der Waals surface area (Å²) in [6.45, 7) is 1.66. The van der Waals surface area contributed by atoms with Gasteiger partial charge in [-0.15, -0.1) is 0 Å². The highest BCUT2D eigenvalue weighted by Crippen LogP contribution is 2.54. The second-order valence-electron chi connectivity index (χ2n) is 5.48. The average Bonchev–Trinajstić information content (AvgIpc) is 2.95. The van der Waals surface area contributed by atoms with Crippen LogP contribution in [0.2, 0.25) is 5.02 Å². The Labute approximate surface area is 124 Å². The zero-order chi connectivity index (χ0) is 14.2. The Morgan fingerprint density at radius 2 is 2.00 bits per heavy atom. The van der Waals surface area contributed by atoms with Gasteiger partial charge in [0.15, 0.2) is 11.5 Å². The van der Waals surface area contributed by atoms with Gasteiger partial charge in [0.2, 0.25) is 0 Å². The largest absolute Gasteiger partial charge is 0.495 e. The van der Waals surface area contributed by atoms with Crippen molar-refractivity contribution >= 4 is 11.6 Å². The van der Waals surface area contributed by atoms with Gasteiger partial charge in [0.25, 0.3) is 0 Å². The number of benzene rings is 1. The van der Waals surface area contributed by atoms with Crippen LogP contribution in [0.3, 0.4) is 0 Å². The maximum Gasteiger partial charge on any atom is 0.168 e. The summed E-state index contributed by atoms with van der Waals surface area (Å²) in [4.78, 5) is 0. The Hall–Kier alpha value is -1.13. The molecule has 1 aromatic carbocycles. The first-order chi connectivity index (χ1) is 9.72. The van der Waals surface area contributed by atoms with Crippen molar-refractivity contribution in [3.8, 4) is 17.2 Å². The Balaban J connectivity index is 2.23. The highest BCUT2D eigenvalue weighted by Gasteiger charge is 2.41. The van der Waals surface area contributed by atoms with E-state index in [1.807, 2.05) is 0 Å². The van der Waals surface area contributed by atoms with Crippen LogP contribution in [0.1, 0.15) is 31.2 Å². The number of nitrogens with two attached hydrogens (primary N) is 1. The van der Waals surface area contributed by atoms with Crippen molar-refractivity contribution in [1.82, 2.24) is 0 Å². The summed E-state index contributed by atoms with van der Waals surface area (Å²) in [5, 5.41) is 0.562. The fourth-order valence-electron chi connectivity index (χ4n) is 3.43. The third-order valence-corrected chi connectivity index (χ3v) is 4.71. The molecule has 1 fully saturated rings. The van der Waals surface area contributed by atoms with Gasteiger partial charge in [0, 0.05) is 23.6 Å². The van der Waals surface area contributed by atoms with E-state index in [-0.39, 0.29) is 5.41 Å². The molecule has 0 unspecified atom stereocenters. The molecule has 4 nitrogen and oxygen atoms in total. The fourth-order valence-corrected chi connectivity index (χ4v) is 3.70. The van der Waals surface area contributed by atoms with Crippen molar-refractivity contribution in [2.75, 3.05) is 26.9 Å². The van der Waals surface area contributed by atoms with Crippen molar-refractivity contribution in [2.24, 2.45) is 5.73 Å². The van der Waals surface area contributed by atoms with Crippen molar-refractivity contribution in [1.29, 1.82) is 0 Å². The summed E-state index contributed by atoms with van der Waals surface area (Å²) >= 11 is 6.36. The second kappa shape index (κ2) is 5.34. The maximum atomic E-state index is 6.36. The highest BCUT2D eigenvalue weighted by molar-refractivity contribution is 6.32. The van der Waals surface area contributed by atoms with Gasteiger partial charge in [0.05, 0.1) is 12.1 Å². The predicted octanol–water partition coefficient (Wildman–Crippen LogP) is 2.89. The zero-order valence-corrected chi connectivity index (χ0v) is 12.5. The van der Waals surface area contributed by atoms with E-state index in [9.17, 15) is 0 Å². The lowest BCUT2D eigenvalue weighted by atomic mass is 9.77. The fraction of sp³-hybridized carbons (Fsp3) is 0.600. The molecule has 3 rings (SSSR count). The van der Waals surface area contributed by atoms with Gasteiger partial charge >= 0.3 is 0 Å². The van der Waals surface area contributed by atoms with E-state index in [0.29, 0.717) is 36.3 Å². The average molecular weight is 298 g/mol. The van der Waals surface area contributed by atoms with Gasteiger partial charge < -0.3 is 19.9 Å². The van der Waals surface area contributed by atoms with Crippen LogP contribution in [-0.4, -0.2) is 26.9 Å². The summed E-state index contributed by atoms with van der Waals surface area (Å²) in [6, 6.07) is 1.78. The lowest BCUT2D eigenvalue weighted by Crippen LogP contribution is -2.34. The van der Waals surface area contributed by atoms with Crippen LogP contribution in [0.4, 0.5) is 0 Å². The highest BCUT2D eigenvalue weighted by atomic mass is 35.5. The van der Waals surface area contributed by atoms with Gasteiger partial charge in [-0.3, -0.25) is 0 Å². The minimum absolute atomic E-state index is 0.110. The molecular weight excluding hydrogens is 278 g/mol. The molecule has 2 aliphatic rings. The zero-order valence-electron chi connectivity index (χ0n) is 11.7. The van der Waals surface area contributed by atoms with Crippen molar-refractivity contribution < 1.29 is 14.2 Å². The number of ether oxygens (including phenoxy) is 3. The van der Waals surface area contributed by atoms with E-state index >= 15 is 0 Å². The summed E-state index contributed by atoms with van der Waals surface area (Å²) < 4.78 is 17.1. The molecule has 0 atom stereocenters. The minimum atomic E-state index is -0.110. The Bertz CT molecular complexity index is 512. The molecule has 1 aliphatic heterocycles. The van der Waals surface area contributed by atoms with Crippen LogP contribution >= 0.6 is 11.6 Å². The molecule has 0 amide bonds. The lowest BCUT2D eigenvalue weighted by molar-refractivity contribution is 0.165. The summed E-state index contributed by atoms with van der Waals surface area (Å²) in [6.07, 6.45) is 4.41. The van der Waals surface area contributed by atoms with Gasteiger partial charge in [-0.1, -0.05) is 24.4 Å². The molecule has 1 aromatic rings. The number of rotatable bonds is 3.